The monoisotopic (exact) mass is 351 g/mol. The summed E-state index contributed by atoms with van der Waals surface area (Å²) in [5.41, 5.74) is 0.603. The molecule has 9 nitrogen and oxygen atoms in total. The summed E-state index contributed by atoms with van der Waals surface area (Å²) in [6.07, 6.45) is -0.342. The molecule has 0 aliphatic carbocycles. The number of ether oxygens (including phenoxy) is 1. The van der Waals surface area contributed by atoms with Crippen molar-refractivity contribution in [3.8, 4) is 0 Å². The lowest BCUT2D eigenvalue weighted by Crippen LogP contribution is -2.49. The minimum atomic E-state index is -0.943. The van der Waals surface area contributed by atoms with Gasteiger partial charge in [-0.1, -0.05) is 6.07 Å². The Labute approximate surface area is 144 Å². The van der Waals surface area contributed by atoms with Crippen LogP contribution in [0.15, 0.2) is 18.2 Å². The number of aryl methyl sites for hydroxylation is 1. The Morgan fingerprint density at radius 1 is 1.48 bits per heavy atom. The lowest BCUT2D eigenvalue weighted by molar-refractivity contribution is -0.385. The number of morpholine rings is 1. The molecule has 136 valence electrons. The number of carboxylic acids is 1. The fraction of sp³-hybridized carbons (Fsp3) is 0.500. The minimum absolute atomic E-state index is 0.0598. The van der Waals surface area contributed by atoms with E-state index < -0.39 is 16.8 Å². The van der Waals surface area contributed by atoms with Gasteiger partial charge in [-0.05, 0) is 25.6 Å². The molecule has 0 bridgehead atoms. The molecular formula is C16H21N3O6. The molecule has 1 aliphatic heterocycles. The van der Waals surface area contributed by atoms with E-state index in [1.54, 1.807) is 24.9 Å². The van der Waals surface area contributed by atoms with Crippen LogP contribution >= 0.6 is 0 Å². The highest BCUT2D eigenvalue weighted by molar-refractivity contribution is 5.98. The smallest absolute Gasteiger partial charge is 0.317 e. The van der Waals surface area contributed by atoms with Gasteiger partial charge in [-0.3, -0.25) is 24.6 Å². The van der Waals surface area contributed by atoms with Crippen LogP contribution in [0.3, 0.4) is 0 Å². The number of nitro benzene ring substituents is 1. The summed E-state index contributed by atoms with van der Waals surface area (Å²) in [5, 5.41) is 20.0. The second-order valence-corrected chi connectivity index (χ2v) is 6.11. The number of benzene rings is 1. The zero-order chi connectivity index (χ0) is 18.6. The Kier molecular flexibility index (Phi) is 6.05. The normalized spacial score (nSPS) is 17.6. The summed E-state index contributed by atoms with van der Waals surface area (Å²) in [4.78, 5) is 37.2. The van der Waals surface area contributed by atoms with Crippen molar-refractivity contribution in [2.24, 2.45) is 0 Å². The summed E-state index contributed by atoms with van der Waals surface area (Å²) < 4.78 is 5.59. The zero-order valence-electron chi connectivity index (χ0n) is 14.2. The van der Waals surface area contributed by atoms with E-state index in [-0.39, 0.29) is 30.4 Å². The van der Waals surface area contributed by atoms with E-state index in [4.69, 9.17) is 9.84 Å². The molecule has 25 heavy (non-hydrogen) atoms. The van der Waals surface area contributed by atoms with E-state index in [9.17, 15) is 19.7 Å². The van der Waals surface area contributed by atoms with E-state index >= 15 is 0 Å². The summed E-state index contributed by atoms with van der Waals surface area (Å²) >= 11 is 0. The van der Waals surface area contributed by atoms with Gasteiger partial charge >= 0.3 is 5.97 Å². The van der Waals surface area contributed by atoms with E-state index in [1.807, 2.05) is 0 Å². The molecule has 0 saturated carbocycles. The lowest BCUT2D eigenvalue weighted by atomic mass is 10.1. The number of carboxylic acid groups (broad SMARTS) is 1. The highest BCUT2D eigenvalue weighted by atomic mass is 16.6. The molecule has 1 amide bonds. The maximum atomic E-state index is 12.7. The second kappa shape index (κ2) is 8.04. The SMILES string of the molecule is Cc1ccc([N+](=O)[O-])c(C(=O)N2CCOC(CN(C)CC(=O)O)C2)c1. The third-order valence-electron chi connectivity index (χ3n) is 3.93. The average Bonchev–Trinajstić information content (AvgIpc) is 2.53. The van der Waals surface area contributed by atoms with Crippen molar-refractivity contribution in [2.75, 3.05) is 39.8 Å². The standard InChI is InChI=1S/C16H21N3O6/c1-11-3-4-14(19(23)24)13(7-11)16(22)18-5-6-25-12(9-18)8-17(2)10-15(20)21/h3-4,7,12H,5-6,8-10H2,1-2H3,(H,20,21). The number of rotatable bonds is 6. The molecule has 1 aromatic rings. The lowest BCUT2D eigenvalue weighted by Gasteiger charge is -2.34. The van der Waals surface area contributed by atoms with Gasteiger partial charge in [0.1, 0.15) is 5.56 Å². The maximum absolute atomic E-state index is 12.7. The van der Waals surface area contributed by atoms with Crippen LogP contribution < -0.4 is 0 Å². The molecule has 2 rings (SSSR count). The number of carbonyl (C=O) groups is 2. The fourth-order valence-electron chi connectivity index (χ4n) is 2.81. The number of amides is 1. The van der Waals surface area contributed by atoms with Crippen LogP contribution in [-0.4, -0.2) is 77.6 Å². The first-order chi connectivity index (χ1) is 11.8. The van der Waals surface area contributed by atoms with Crippen molar-refractivity contribution in [3.63, 3.8) is 0 Å². The summed E-state index contributed by atoms with van der Waals surface area (Å²) in [6.45, 7) is 2.89. The van der Waals surface area contributed by atoms with Crippen molar-refractivity contribution in [3.05, 3.63) is 39.4 Å². The number of nitro groups is 1. The summed E-state index contributed by atoms with van der Waals surface area (Å²) in [6, 6.07) is 4.44. The van der Waals surface area contributed by atoms with Gasteiger partial charge in [-0.25, -0.2) is 0 Å². The number of hydrogen-bond donors (Lipinski definition) is 1. The molecule has 0 aromatic heterocycles. The molecule has 1 aliphatic rings. The molecular weight excluding hydrogens is 330 g/mol. The van der Waals surface area contributed by atoms with Crippen LogP contribution in [0.5, 0.6) is 0 Å². The first-order valence-electron chi connectivity index (χ1n) is 7.84. The van der Waals surface area contributed by atoms with Gasteiger partial charge in [0.15, 0.2) is 0 Å². The molecule has 0 spiro atoms. The summed E-state index contributed by atoms with van der Waals surface area (Å²) in [5.74, 6) is -1.36. The maximum Gasteiger partial charge on any atom is 0.317 e. The Morgan fingerprint density at radius 3 is 2.84 bits per heavy atom. The molecule has 1 heterocycles. The van der Waals surface area contributed by atoms with Crippen molar-refractivity contribution in [1.29, 1.82) is 0 Å². The van der Waals surface area contributed by atoms with Crippen LogP contribution in [0.4, 0.5) is 5.69 Å². The Hall–Kier alpha value is -2.52. The van der Waals surface area contributed by atoms with Crippen LogP contribution in [0.2, 0.25) is 0 Å². The van der Waals surface area contributed by atoms with Crippen molar-refractivity contribution >= 4 is 17.6 Å². The Morgan fingerprint density at radius 2 is 2.20 bits per heavy atom. The number of hydrogen-bond acceptors (Lipinski definition) is 6. The van der Waals surface area contributed by atoms with E-state index in [0.717, 1.165) is 5.56 Å². The number of aliphatic carboxylic acids is 1. The van der Waals surface area contributed by atoms with Crippen LogP contribution in [0.25, 0.3) is 0 Å². The quantitative estimate of drug-likeness (QED) is 0.594. The number of carbonyl (C=O) groups excluding carboxylic acids is 1. The third-order valence-corrected chi connectivity index (χ3v) is 3.93. The van der Waals surface area contributed by atoms with E-state index in [1.165, 1.54) is 17.0 Å². The molecule has 9 heteroatoms. The predicted molar refractivity (Wildman–Crippen MR) is 88.6 cm³/mol. The van der Waals surface area contributed by atoms with Crippen molar-refractivity contribution in [1.82, 2.24) is 9.80 Å². The first-order valence-corrected chi connectivity index (χ1v) is 7.84. The first kappa shape index (κ1) is 18.8. The van der Waals surface area contributed by atoms with Gasteiger partial charge in [0.05, 0.1) is 24.2 Å². The molecule has 1 saturated heterocycles. The largest absolute Gasteiger partial charge is 0.480 e. The number of nitrogens with zero attached hydrogens (tertiary/aromatic N) is 3. The molecule has 1 atom stereocenters. The van der Waals surface area contributed by atoms with E-state index in [2.05, 4.69) is 0 Å². The Bertz CT molecular complexity index is 678. The fourth-order valence-corrected chi connectivity index (χ4v) is 2.81. The number of likely N-dealkylation sites (N-methyl/N-ethyl adjacent to an activating group) is 1. The van der Waals surface area contributed by atoms with Crippen LogP contribution in [-0.2, 0) is 9.53 Å². The van der Waals surface area contributed by atoms with Gasteiger partial charge in [0.25, 0.3) is 11.6 Å². The van der Waals surface area contributed by atoms with Crippen LogP contribution in [0.1, 0.15) is 15.9 Å². The van der Waals surface area contributed by atoms with Gasteiger partial charge in [0.2, 0.25) is 0 Å². The Balaban J connectivity index is 2.11. The molecule has 1 unspecified atom stereocenters. The van der Waals surface area contributed by atoms with Gasteiger partial charge in [-0.15, -0.1) is 0 Å². The highest BCUT2D eigenvalue weighted by Crippen LogP contribution is 2.22. The third kappa shape index (κ3) is 4.97. The minimum Gasteiger partial charge on any atom is -0.480 e. The zero-order valence-corrected chi connectivity index (χ0v) is 14.2. The second-order valence-electron chi connectivity index (χ2n) is 6.11. The molecule has 1 aromatic carbocycles. The highest BCUT2D eigenvalue weighted by Gasteiger charge is 2.30. The average molecular weight is 351 g/mol. The van der Waals surface area contributed by atoms with Gasteiger partial charge < -0.3 is 14.7 Å². The van der Waals surface area contributed by atoms with Crippen molar-refractivity contribution in [2.45, 2.75) is 13.0 Å². The predicted octanol–water partition coefficient (Wildman–Crippen LogP) is 0.761. The van der Waals surface area contributed by atoms with Crippen LogP contribution in [0, 0.1) is 17.0 Å². The molecule has 0 radical (unpaired) electrons. The van der Waals surface area contributed by atoms with Crippen molar-refractivity contribution < 1.29 is 24.4 Å². The topological polar surface area (TPSA) is 113 Å². The van der Waals surface area contributed by atoms with Gasteiger partial charge in [0, 0.05) is 25.7 Å². The van der Waals surface area contributed by atoms with Gasteiger partial charge in [-0.2, -0.15) is 0 Å². The summed E-state index contributed by atoms with van der Waals surface area (Å²) in [7, 11) is 1.66. The molecule has 1 N–H and O–H groups in total. The molecule has 1 fully saturated rings. The van der Waals surface area contributed by atoms with E-state index in [0.29, 0.717) is 19.7 Å².